The van der Waals surface area contributed by atoms with Crippen LogP contribution in [0.2, 0.25) is 0 Å². The lowest BCUT2D eigenvalue weighted by Crippen LogP contribution is -2.47. The Bertz CT molecular complexity index is 755. The van der Waals surface area contributed by atoms with E-state index in [4.69, 9.17) is 4.74 Å². The van der Waals surface area contributed by atoms with Crippen molar-refractivity contribution in [2.75, 3.05) is 13.6 Å². The smallest absolute Gasteiger partial charge is 0.408 e. The number of benzene rings is 1. The average molecular weight is 420 g/mol. The van der Waals surface area contributed by atoms with Crippen molar-refractivity contribution in [3.63, 3.8) is 0 Å². The Kier molecular flexibility index (Phi) is 9.33. The highest BCUT2D eigenvalue weighted by Crippen LogP contribution is 2.25. The first-order valence-corrected chi connectivity index (χ1v) is 10.5. The summed E-state index contributed by atoms with van der Waals surface area (Å²) in [4.78, 5) is 39.2. The third-order valence-electron chi connectivity index (χ3n) is 4.65. The lowest BCUT2D eigenvalue weighted by Gasteiger charge is -2.30. The summed E-state index contributed by atoms with van der Waals surface area (Å²) in [5, 5.41) is 5.48. The number of aryl methyl sites for hydroxylation is 2. The molecule has 7 heteroatoms. The number of likely N-dealkylation sites (N-methyl/N-ethyl adjacent to an activating group) is 1. The molecule has 0 bridgehead atoms. The Morgan fingerprint density at radius 3 is 2.37 bits per heavy atom. The molecule has 30 heavy (non-hydrogen) atoms. The van der Waals surface area contributed by atoms with E-state index in [1.807, 2.05) is 39.0 Å². The second-order valence-electron chi connectivity index (χ2n) is 8.82. The first-order valence-electron chi connectivity index (χ1n) is 10.5. The van der Waals surface area contributed by atoms with Crippen LogP contribution in [0.3, 0.4) is 0 Å². The summed E-state index contributed by atoms with van der Waals surface area (Å²) in [5.41, 5.74) is 2.03. The highest BCUT2D eigenvalue weighted by molar-refractivity contribution is 5.90. The van der Waals surface area contributed by atoms with Gasteiger partial charge in [-0.2, -0.15) is 0 Å². The van der Waals surface area contributed by atoms with Gasteiger partial charge in [0.1, 0.15) is 18.2 Å². The summed E-state index contributed by atoms with van der Waals surface area (Å²) >= 11 is 0. The molecule has 0 aliphatic heterocycles. The van der Waals surface area contributed by atoms with Gasteiger partial charge >= 0.3 is 6.09 Å². The van der Waals surface area contributed by atoms with Crippen molar-refractivity contribution < 1.29 is 19.1 Å². The van der Waals surface area contributed by atoms with Gasteiger partial charge in [-0.25, -0.2) is 4.79 Å². The van der Waals surface area contributed by atoms with Gasteiger partial charge in [0.05, 0.1) is 0 Å². The molecule has 1 rings (SSSR count). The molecule has 7 nitrogen and oxygen atoms in total. The normalized spacial score (nSPS) is 13.2. The number of rotatable bonds is 8. The van der Waals surface area contributed by atoms with Crippen LogP contribution in [-0.4, -0.2) is 48.0 Å². The van der Waals surface area contributed by atoms with Crippen LogP contribution in [0.15, 0.2) is 18.2 Å². The number of amides is 3. The number of ether oxygens (including phenoxy) is 1. The maximum absolute atomic E-state index is 13.1. The van der Waals surface area contributed by atoms with Crippen LogP contribution in [0.1, 0.15) is 70.2 Å². The molecule has 2 unspecified atom stereocenters. The second kappa shape index (κ2) is 11.0. The SMILES string of the molecule is CCCC(C)NC(=O)C(c1cc(C)ccc1C)N(C)C(=O)CNC(=O)OC(C)(C)C. The van der Waals surface area contributed by atoms with Crippen LogP contribution in [0.4, 0.5) is 4.79 Å². The Balaban J connectivity index is 3.05. The highest BCUT2D eigenvalue weighted by atomic mass is 16.6. The van der Waals surface area contributed by atoms with E-state index in [9.17, 15) is 14.4 Å². The van der Waals surface area contributed by atoms with Gasteiger partial charge in [-0.1, -0.05) is 37.1 Å². The van der Waals surface area contributed by atoms with Gasteiger partial charge < -0.3 is 20.3 Å². The minimum Gasteiger partial charge on any atom is -0.444 e. The van der Waals surface area contributed by atoms with Gasteiger partial charge in [-0.05, 0) is 59.1 Å². The standard InChI is InChI=1S/C23H37N3O4/c1-9-10-17(4)25-21(28)20(18-13-15(2)11-12-16(18)3)26(8)19(27)14-24-22(29)30-23(5,6)7/h11-13,17,20H,9-10,14H2,1-8H3,(H,24,29)(H,25,28). The van der Waals surface area contributed by atoms with Gasteiger partial charge in [0.2, 0.25) is 11.8 Å². The van der Waals surface area contributed by atoms with Crippen molar-refractivity contribution in [2.24, 2.45) is 0 Å². The fourth-order valence-electron chi connectivity index (χ4n) is 3.14. The van der Waals surface area contributed by atoms with Crippen molar-refractivity contribution in [2.45, 2.75) is 79.0 Å². The van der Waals surface area contributed by atoms with Crippen molar-refractivity contribution in [3.8, 4) is 0 Å². The van der Waals surface area contributed by atoms with Crippen LogP contribution < -0.4 is 10.6 Å². The van der Waals surface area contributed by atoms with Crippen molar-refractivity contribution in [1.29, 1.82) is 0 Å². The molecular formula is C23H37N3O4. The summed E-state index contributed by atoms with van der Waals surface area (Å²) in [5.74, 6) is -0.622. The maximum atomic E-state index is 13.1. The monoisotopic (exact) mass is 419 g/mol. The van der Waals surface area contributed by atoms with E-state index < -0.39 is 17.7 Å². The molecule has 2 N–H and O–H groups in total. The molecule has 1 aromatic rings. The summed E-state index contributed by atoms with van der Waals surface area (Å²) in [6, 6.07) is 5.04. The molecule has 0 spiro atoms. The Labute approximate surface area is 180 Å². The van der Waals surface area contributed by atoms with Crippen LogP contribution in [0, 0.1) is 13.8 Å². The summed E-state index contributed by atoms with van der Waals surface area (Å²) in [6.45, 7) is 12.9. The Hall–Kier alpha value is -2.57. The van der Waals surface area contributed by atoms with Gasteiger partial charge in [0.15, 0.2) is 0 Å². The highest BCUT2D eigenvalue weighted by Gasteiger charge is 2.31. The third-order valence-corrected chi connectivity index (χ3v) is 4.65. The van der Waals surface area contributed by atoms with E-state index in [2.05, 4.69) is 17.6 Å². The first-order chi connectivity index (χ1) is 13.9. The molecule has 0 radical (unpaired) electrons. The van der Waals surface area contributed by atoms with E-state index in [1.165, 1.54) is 4.90 Å². The number of hydrogen-bond donors (Lipinski definition) is 2. The molecule has 0 aliphatic rings. The van der Waals surface area contributed by atoms with Crippen LogP contribution >= 0.6 is 0 Å². The van der Waals surface area contributed by atoms with E-state index >= 15 is 0 Å². The van der Waals surface area contributed by atoms with Crippen LogP contribution in [-0.2, 0) is 14.3 Å². The van der Waals surface area contributed by atoms with E-state index in [1.54, 1.807) is 27.8 Å². The van der Waals surface area contributed by atoms with Gasteiger partial charge in [-0.15, -0.1) is 0 Å². The number of nitrogens with one attached hydrogen (secondary N) is 2. The fourth-order valence-corrected chi connectivity index (χ4v) is 3.14. The summed E-state index contributed by atoms with van der Waals surface area (Å²) < 4.78 is 5.17. The van der Waals surface area contributed by atoms with E-state index in [0.717, 1.165) is 29.5 Å². The van der Waals surface area contributed by atoms with Crippen LogP contribution in [0.5, 0.6) is 0 Å². The first kappa shape index (κ1) is 25.5. The zero-order chi connectivity index (χ0) is 23.1. The van der Waals surface area contributed by atoms with Crippen molar-refractivity contribution in [1.82, 2.24) is 15.5 Å². The minimum atomic E-state index is -0.794. The molecule has 0 fully saturated rings. The molecule has 0 saturated heterocycles. The molecule has 0 aromatic heterocycles. The molecule has 1 aromatic carbocycles. The fraction of sp³-hybridized carbons (Fsp3) is 0.609. The van der Waals surface area contributed by atoms with Crippen molar-refractivity contribution in [3.05, 3.63) is 34.9 Å². The predicted octanol–water partition coefficient (Wildman–Crippen LogP) is 3.63. The van der Waals surface area contributed by atoms with Crippen molar-refractivity contribution >= 4 is 17.9 Å². The molecule has 0 saturated carbocycles. The van der Waals surface area contributed by atoms with Gasteiger partial charge in [0, 0.05) is 13.1 Å². The number of hydrogen-bond acceptors (Lipinski definition) is 4. The molecule has 168 valence electrons. The van der Waals surface area contributed by atoms with Crippen LogP contribution in [0.25, 0.3) is 0 Å². The Morgan fingerprint density at radius 2 is 1.80 bits per heavy atom. The molecule has 0 heterocycles. The third kappa shape index (κ3) is 8.05. The number of nitrogens with zero attached hydrogens (tertiary/aromatic N) is 1. The lowest BCUT2D eigenvalue weighted by molar-refractivity contribution is -0.138. The number of alkyl carbamates (subject to hydrolysis) is 1. The zero-order valence-corrected chi connectivity index (χ0v) is 19.6. The molecular weight excluding hydrogens is 382 g/mol. The minimum absolute atomic E-state index is 0.00138. The van der Waals surface area contributed by atoms with Gasteiger partial charge in [-0.3, -0.25) is 9.59 Å². The summed E-state index contributed by atoms with van der Waals surface area (Å²) in [7, 11) is 1.58. The molecule has 2 atom stereocenters. The molecule has 0 aliphatic carbocycles. The quantitative estimate of drug-likeness (QED) is 0.673. The number of carbonyl (C=O) groups excluding carboxylic acids is 3. The van der Waals surface area contributed by atoms with E-state index in [0.29, 0.717) is 0 Å². The Morgan fingerprint density at radius 1 is 1.17 bits per heavy atom. The summed E-state index contributed by atoms with van der Waals surface area (Å²) in [6.07, 6.45) is 1.13. The topological polar surface area (TPSA) is 87.7 Å². The maximum Gasteiger partial charge on any atom is 0.408 e. The van der Waals surface area contributed by atoms with Gasteiger partial charge in [0.25, 0.3) is 0 Å². The van der Waals surface area contributed by atoms with E-state index in [-0.39, 0.29) is 24.4 Å². The average Bonchev–Trinajstić information content (AvgIpc) is 2.61. The molecule has 3 amide bonds. The predicted molar refractivity (Wildman–Crippen MR) is 118 cm³/mol. The number of carbonyl (C=O) groups is 3. The lowest BCUT2D eigenvalue weighted by atomic mass is 9.96. The zero-order valence-electron chi connectivity index (χ0n) is 19.6. The largest absolute Gasteiger partial charge is 0.444 e. The second-order valence-corrected chi connectivity index (χ2v) is 8.82.